The van der Waals surface area contributed by atoms with E-state index in [9.17, 15) is 0 Å². The molecule has 1 aromatic rings. The average molecular weight is 312 g/mol. The van der Waals surface area contributed by atoms with Gasteiger partial charge in [0.15, 0.2) is 4.77 Å². The van der Waals surface area contributed by atoms with Gasteiger partial charge in [0.25, 0.3) is 0 Å². The summed E-state index contributed by atoms with van der Waals surface area (Å²) < 4.78 is 8.29. The van der Waals surface area contributed by atoms with E-state index in [1.165, 1.54) is 25.7 Å². The second-order valence-electron chi connectivity index (χ2n) is 5.79. The number of aromatic amines is 1. The first kappa shape index (κ1) is 16.5. The fourth-order valence-corrected chi connectivity index (χ4v) is 3.63. The molecule has 1 fully saturated rings. The summed E-state index contributed by atoms with van der Waals surface area (Å²) in [6.45, 7) is 6.03. The van der Waals surface area contributed by atoms with Crippen molar-refractivity contribution in [3.63, 3.8) is 0 Å². The number of anilines is 1. The molecular weight excluding hydrogens is 284 g/mol. The molecule has 5 nitrogen and oxygen atoms in total. The molecule has 21 heavy (non-hydrogen) atoms. The first-order valence-electron chi connectivity index (χ1n) is 8.15. The third-order valence-electron chi connectivity index (χ3n) is 4.55. The lowest BCUT2D eigenvalue weighted by molar-refractivity contribution is 0.201. The van der Waals surface area contributed by atoms with Crippen LogP contribution in [0.15, 0.2) is 0 Å². The molecule has 0 spiro atoms. The van der Waals surface area contributed by atoms with Crippen LogP contribution in [0.1, 0.15) is 58.4 Å². The largest absolute Gasteiger partial charge is 0.383 e. The molecule has 0 amide bonds. The Morgan fingerprint density at radius 3 is 2.62 bits per heavy atom. The third-order valence-corrected chi connectivity index (χ3v) is 4.84. The standard InChI is InChI=1S/C15H28N4OS/c1-4-12(5-2)18(10-11-20-3)14-16-17-15(21)19(14)13-8-6-7-9-13/h12-13H,4-11H2,1-3H3,(H,17,21). The average Bonchev–Trinajstić information content (AvgIpc) is 3.12. The Morgan fingerprint density at radius 2 is 2.05 bits per heavy atom. The van der Waals surface area contributed by atoms with Crippen LogP contribution in [0.4, 0.5) is 5.95 Å². The van der Waals surface area contributed by atoms with Gasteiger partial charge in [-0.15, -0.1) is 5.10 Å². The van der Waals surface area contributed by atoms with Crippen LogP contribution in [0.3, 0.4) is 0 Å². The van der Waals surface area contributed by atoms with Gasteiger partial charge in [-0.1, -0.05) is 26.7 Å². The molecular formula is C15H28N4OS. The molecule has 0 aromatic carbocycles. The van der Waals surface area contributed by atoms with Crippen molar-refractivity contribution < 1.29 is 4.74 Å². The minimum atomic E-state index is 0.477. The van der Waals surface area contributed by atoms with Crippen LogP contribution >= 0.6 is 12.2 Å². The lowest BCUT2D eigenvalue weighted by atomic mass is 10.1. The zero-order valence-corrected chi connectivity index (χ0v) is 14.3. The summed E-state index contributed by atoms with van der Waals surface area (Å²) in [4.78, 5) is 2.37. The monoisotopic (exact) mass is 312 g/mol. The maximum Gasteiger partial charge on any atom is 0.226 e. The fourth-order valence-electron chi connectivity index (χ4n) is 3.36. The van der Waals surface area contributed by atoms with Crippen LogP contribution in [0, 0.1) is 4.77 Å². The van der Waals surface area contributed by atoms with Gasteiger partial charge in [-0.2, -0.15) is 0 Å². The van der Waals surface area contributed by atoms with Gasteiger partial charge in [-0.3, -0.25) is 4.57 Å². The van der Waals surface area contributed by atoms with Gasteiger partial charge in [0, 0.05) is 25.7 Å². The first-order valence-corrected chi connectivity index (χ1v) is 8.56. The number of hydrogen-bond acceptors (Lipinski definition) is 4. The van der Waals surface area contributed by atoms with Gasteiger partial charge in [0.1, 0.15) is 0 Å². The molecule has 1 saturated carbocycles. The summed E-state index contributed by atoms with van der Waals surface area (Å²) in [5.41, 5.74) is 0. The molecule has 1 aromatic heterocycles. The Morgan fingerprint density at radius 1 is 1.38 bits per heavy atom. The normalized spacial score (nSPS) is 16.0. The van der Waals surface area contributed by atoms with Crippen LogP contribution in [0.5, 0.6) is 0 Å². The summed E-state index contributed by atoms with van der Waals surface area (Å²) in [6.07, 6.45) is 7.21. The van der Waals surface area contributed by atoms with E-state index in [1.54, 1.807) is 7.11 Å². The molecule has 1 aliphatic carbocycles. The number of nitrogens with one attached hydrogen (secondary N) is 1. The molecule has 2 rings (SSSR count). The zero-order valence-electron chi connectivity index (χ0n) is 13.5. The predicted octanol–water partition coefficient (Wildman–Crippen LogP) is 3.70. The number of H-pyrrole nitrogens is 1. The van der Waals surface area contributed by atoms with Crippen LogP contribution in [0.25, 0.3) is 0 Å². The molecule has 0 radical (unpaired) electrons. The number of hydrogen-bond donors (Lipinski definition) is 1. The number of ether oxygens (including phenoxy) is 1. The number of rotatable bonds is 8. The topological polar surface area (TPSA) is 46.1 Å². The van der Waals surface area contributed by atoms with E-state index in [0.717, 1.165) is 30.1 Å². The summed E-state index contributed by atoms with van der Waals surface area (Å²) in [5.74, 6) is 0.998. The Hall–Kier alpha value is -0.880. The highest BCUT2D eigenvalue weighted by molar-refractivity contribution is 7.71. The minimum Gasteiger partial charge on any atom is -0.383 e. The van der Waals surface area contributed by atoms with Gasteiger partial charge >= 0.3 is 0 Å². The molecule has 1 heterocycles. The van der Waals surface area contributed by atoms with Crippen molar-refractivity contribution in [1.82, 2.24) is 14.8 Å². The van der Waals surface area contributed by atoms with E-state index in [1.807, 2.05) is 0 Å². The van der Waals surface area contributed by atoms with E-state index in [-0.39, 0.29) is 0 Å². The Balaban J connectivity index is 2.32. The second kappa shape index (κ2) is 7.94. The molecule has 0 aliphatic heterocycles. The lowest BCUT2D eigenvalue weighted by Gasteiger charge is -2.32. The predicted molar refractivity (Wildman–Crippen MR) is 88.5 cm³/mol. The van der Waals surface area contributed by atoms with Crippen LogP contribution < -0.4 is 4.90 Å². The van der Waals surface area contributed by atoms with Crippen molar-refractivity contribution in [2.24, 2.45) is 0 Å². The van der Waals surface area contributed by atoms with E-state index in [0.29, 0.717) is 18.7 Å². The van der Waals surface area contributed by atoms with Crippen molar-refractivity contribution >= 4 is 18.2 Å². The number of methoxy groups -OCH3 is 1. The van der Waals surface area contributed by atoms with E-state index in [2.05, 4.69) is 33.5 Å². The maximum atomic E-state index is 5.49. The third kappa shape index (κ3) is 3.66. The van der Waals surface area contributed by atoms with Gasteiger partial charge < -0.3 is 9.64 Å². The van der Waals surface area contributed by atoms with E-state index in [4.69, 9.17) is 17.0 Å². The SMILES string of the molecule is CCC(CC)N(CCOC)c1n[nH]c(=S)n1C1CCCC1. The van der Waals surface area contributed by atoms with Crippen molar-refractivity contribution in [2.75, 3.05) is 25.2 Å². The van der Waals surface area contributed by atoms with Crippen LogP contribution in [-0.2, 0) is 4.74 Å². The molecule has 1 N–H and O–H groups in total. The molecule has 120 valence electrons. The Kier molecular flexibility index (Phi) is 6.23. The molecule has 0 bridgehead atoms. The van der Waals surface area contributed by atoms with Gasteiger partial charge in [0.2, 0.25) is 5.95 Å². The fraction of sp³-hybridized carbons (Fsp3) is 0.867. The van der Waals surface area contributed by atoms with E-state index >= 15 is 0 Å². The van der Waals surface area contributed by atoms with Crippen molar-refractivity contribution in [2.45, 2.75) is 64.5 Å². The first-order chi connectivity index (χ1) is 10.2. The highest BCUT2D eigenvalue weighted by atomic mass is 32.1. The van der Waals surface area contributed by atoms with Gasteiger partial charge in [-0.25, -0.2) is 5.10 Å². The molecule has 0 atom stereocenters. The maximum absolute atomic E-state index is 5.49. The Bertz CT molecular complexity index is 474. The van der Waals surface area contributed by atoms with Crippen LogP contribution in [0.2, 0.25) is 0 Å². The van der Waals surface area contributed by atoms with Crippen molar-refractivity contribution in [3.05, 3.63) is 4.77 Å². The second-order valence-corrected chi connectivity index (χ2v) is 6.18. The molecule has 6 heteroatoms. The van der Waals surface area contributed by atoms with Crippen molar-refractivity contribution in [1.29, 1.82) is 0 Å². The smallest absolute Gasteiger partial charge is 0.226 e. The number of aromatic nitrogens is 3. The molecule has 1 aliphatic rings. The highest BCUT2D eigenvalue weighted by Gasteiger charge is 2.26. The minimum absolute atomic E-state index is 0.477. The summed E-state index contributed by atoms with van der Waals surface area (Å²) in [5, 5.41) is 7.55. The summed E-state index contributed by atoms with van der Waals surface area (Å²) in [7, 11) is 1.75. The highest BCUT2D eigenvalue weighted by Crippen LogP contribution is 2.33. The molecule has 0 unspecified atom stereocenters. The zero-order chi connectivity index (χ0) is 15.2. The van der Waals surface area contributed by atoms with Crippen LogP contribution in [-0.4, -0.2) is 41.1 Å². The summed E-state index contributed by atoms with van der Waals surface area (Å²) >= 11 is 5.49. The van der Waals surface area contributed by atoms with Gasteiger partial charge in [-0.05, 0) is 37.9 Å². The van der Waals surface area contributed by atoms with Gasteiger partial charge in [0.05, 0.1) is 6.61 Å². The van der Waals surface area contributed by atoms with E-state index < -0.39 is 0 Å². The lowest BCUT2D eigenvalue weighted by Crippen LogP contribution is -2.39. The number of nitrogens with zero attached hydrogens (tertiary/aromatic N) is 3. The summed E-state index contributed by atoms with van der Waals surface area (Å²) in [6, 6.07) is 0.983. The quantitative estimate of drug-likeness (QED) is 0.744. The Labute approximate surface area is 132 Å². The molecule has 0 saturated heterocycles. The van der Waals surface area contributed by atoms with Crippen molar-refractivity contribution in [3.8, 4) is 0 Å².